The molecule has 5 nitrogen and oxygen atoms in total. The largest absolute Gasteiger partial charge is 0.365 e. The summed E-state index contributed by atoms with van der Waals surface area (Å²) in [5.74, 6) is 1.82. The average molecular weight is 285 g/mol. The van der Waals surface area contributed by atoms with Crippen molar-refractivity contribution in [3.05, 3.63) is 41.7 Å². The van der Waals surface area contributed by atoms with Crippen molar-refractivity contribution < 1.29 is 0 Å². The molecule has 6 heteroatoms. The van der Waals surface area contributed by atoms with Gasteiger partial charge in [0.2, 0.25) is 0 Å². The molecule has 3 aromatic heterocycles. The standard InChI is InChI=1S/C14H15N5S/c1-19(2)12-4-3-10(7-15-12)8-16-13-11-5-6-20-14(11)18-9-17-13/h3-7,9H,8H2,1-2H3,(H,16,17,18). The van der Waals surface area contributed by atoms with Gasteiger partial charge in [0.25, 0.3) is 0 Å². The molecule has 3 rings (SSSR count). The first-order valence-corrected chi connectivity index (χ1v) is 7.16. The van der Waals surface area contributed by atoms with Crippen LogP contribution in [0.3, 0.4) is 0 Å². The molecular formula is C14H15N5S. The third-order valence-corrected chi connectivity index (χ3v) is 3.81. The van der Waals surface area contributed by atoms with E-state index in [2.05, 4.69) is 26.3 Å². The molecule has 0 aliphatic heterocycles. The Morgan fingerprint density at radius 2 is 2.05 bits per heavy atom. The van der Waals surface area contributed by atoms with E-state index in [4.69, 9.17) is 0 Å². The molecule has 3 aromatic rings. The normalized spacial score (nSPS) is 10.7. The number of hydrogen-bond acceptors (Lipinski definition) is 6. The van der Waals surface area contributed by atoms with Crippen LogP contribution in [0.2, 0.25) is 0 Å². The molecule has 1 N–H and O–H groups in total. The van der Waals surface area contributed by atoms with Crippen LogP contribution in [-0.4, -0.2) is 29.0 Å². The highest BCUT2D eigenvalue weighted by Crippen LogP contribution is 2.24. The molecule has 0 aromatic carbocycles. The summed E-state index contributed by atoms with van der Waals surface area (Å²) < 4.78 is 0. The summed E-state index contributed by atoms with van der Waals surface area (Å²) in [6.45, 7) is 0.697. The first kappa shape index (κ1) is 12.8. The van der Waals surface area contributed by atoms with E-state index >= 15 is 0 Å². The Labute approximate surface area is 121 Å². The summed E-state index contributed by atoms with van der Waals surface area (Å²) in [6, 6.07) is 6.12. The van der Waals surface area contributed by atoms with Gasteiger partial charge in [-0.05, 0) is 23.1 Å². The van der Waals surface area contributed by atoms with Crippen molar-refractivity contribution in [2.45, 2.75) is 6.54 Å². The van der Waals surface area contributed by atoms with Gasteiger partial charge in [0.05, 0.1) is 5.39 Å². The Kier molecular flexibility index (Phi) is 3.47. The van der Waals surface area contributed by atoms with E-state index in [9.17, 15) is 0 Å². The van der Waals surface area contributed by atoms with E-state index in [1.807, 2.05) is 42.7 Å². The molecule has 0 saturated carbocycles. The predicted molar refractivity (Wildman–Crippen MR) is 83.3 cm³/mol. The van der Waals surface area contributed by atoms with Gasteiger partial charge in [-0.3, -0.25) is 0 Å². The molecule has 0 fully saturated rings. The van der Waals surface area contributed by atoms with E-state index < -0.39 is 0 Å². The molecule has 0 radical (unpaired) electrons. The van der Waals surface area contributed by atoms with Gasteiger partial charge < -0.3 is 10.2 Å². The number of nitrogens with one attached hydrogen (secondary N) is 1. The summed E-state index contributed by atoms with van der Waals surface area (Å²) in [5, 5.41) is 6.43. The van der Waals surface area contributed by atoms with E-state index in [1.54, 1.807) is 17.7 Å². The van der Waals surface area contributed by atoms with Gasteiger partial charge in [-0.15, -0.1) is 11.3 Å². The lowest BCUT2D eigenvalue weighted by Gasteiger charge is -2.11. The van der Waals surface area contributed by atoms with E-state index in [0.29, 0.717) is 6.54 Å². The molecule has 20 heavy (non-hydrogen) atoms. The number of pyridine rings is 1. The summed E-state index contributed by atoms with van der Waals surface area (Å²) >= 11 is 1.62. The average Bonchev–Trinajstić information content (AvgIpc) is 2.94. The number of aromatic nitrogens is 3. The van der Waals surface area contributed by atoms with Gasteiger partial charge in [0.15, 0.2) is 0 Å². The van der Waals surface area contributed by atoms with Gasteiger partial charge in [-0.1, -0.05) is 6.07 Å². The molecule has 0 bridgehead atoms. The fraction of sp³-hybridized carbons (Fsp3) is 0.214. The minimum absolute atomic E-state index is 0.697. The SMILES string of the molecule is CN(C)c1ccc(CNc2ncnc3sccc23)cn1. The van der Waals surface area contributed by atoms with Gasteiger partial charge >= 0.3 is 0 Å². The van der Waals surface area contributed by atoms with Crippen LogP contribution in [-0.2, 0) is 6.54 Å². The Morgan fingerprint density at radius 1 is 1.15 bits per heavy atom. The molecule has 0 atom stereocenters. The van der Waals surface area contributed by atoms with Crippen molar-refractivity contribution in [1.82, 2.24) is 15.0 Å². The van der Waals surface area contributed by atoms with Crippen LogP contribution >= 0.6 is 11.3 Å². The third kappa shape index (κ3) is 2.55. The lowest BCUT2D eigenvalue weighted by Crippen LogP contribution is -2.10. The highest BCUT2D eigenvalue weighted by Gasteiger charge is 2.04. The second-order valence-electron chi connectivity index (χ2n) is 4.63. The number of hydrogen-bond donors (Lipinski definition) is 1. The van der Waals surface area contributed by atoms with Crippen molar-refractivity contribution in [2.24, 2.45) is 0 Å². The zero-order valence-electron chi connectivity index (χ0n) is 11.4. The van der Waals surface area contributed by atoms with E-state index in [-0.39, 0.29) is 0 Å². The molecule has 0 aliphatic rings. The van der Waals surface area contributed by atoms with E-state index in [1.165, 1.54) is 0 Å². The second-order valence-corrected chi connectivity index (χ2v) is 5.53. The fourth-order valence-corrected chi connectivity index (χ4v) is 2.64. The number of rotatable bonds is 4. The Balaban J connectivity index is 1.74. The minimum Gasteiger partial charge on any atom is -0.365 e. The molecule has 102 valence electrons. The topological polar surface area (TPSA) is 53.9 Å². The lowest BCUT2D eigenvalue weighted by molar-refractivity contribution is 1.04. The molecule has 0 spiro atoms. The van der Waals surface area contributed by atoms with Crippen molar-refractivity contribution in [2.75, 3.05) is 24.3 Å². The van der Waals surface area contributed by atoms with Gasteiger partial charge in [0, 0.05) is 26.8 Å². The Hall–Kier alpha value is -2.21. The zero-order chi connectivity index (χ0) is 13.9. The highest BCUT2D eigenvalue weighted by molar-refractivity contribution is 7.16. The van der Waals surface area contributed by atoms with Crippen LogP contribution in [0.25, 0.3) is 10.2 Å². The number of nitrogens with zero attached hydrogens (tertiary/aromatic N) is 4. The van der Waals surface area contributed by atoms with Crippen molar-refractivity contribution in [1.29, 1.82) is 0 Å². The zero-order valence-corrected chi connectivity index (χ0v) is 12.2. The monoisotopic (exact) mass is 285 g/mol. The van der Waals surface area contributed by atoms with Crippen LogP contribution < -0.4 is 10.2 Å². The molecular weight excluding hydrogens is 270 g/mol. The van der Waals surface area contributed by atoms with E-state index in [0.717, 1.165) is 27.4 Å². The van der Waals surface area contributed by atoms with Gasteiger partial charge in [-0.25, -0.2) is 15.0 Å². The highest BCUT2D eigenvalue weighted by atomic mass is 32.1. The number of thiophene rings is 1. The minimum atomic E-state index is 0.697. The number of anilines is 2. The van der Waals surface area contributed by atoms with Crippen LogP contribution in [0.1, 0.15) is 5.56 Å². The Bertz CT molecular complexity index is 705. The first-order valence-electron chi connectivity index (χ1n) is 6.28. The van der Waals surface area contributed by atoms with Crippen LogP contribution in [0.15, 0.2) is 36.1 Å². The fourth-order valence-electron chi connectivity index (χ4n) is 1.90. The maximum absolute atomic E-state index is 4.40. The molecule has 0 aliphatic carbocycles. The van der Waals surface area contributed by atoms with Crippen LogP contribution in [0.5, 0.6) is 0 Å². The lowest BCUT2D eigenvalue weighted by atomic mass is 10.2. The molecule has 0 amide bonds. The van der Waals surface area contributed by atoms with Crippen molar-refractivity contribution in [3.63, 3.8) is 0 Å². The second kappa shape index (κ2) is 5.42. The summed E-state index contributed by atoms with van der Waals surface area (Å²) in [6.07, 6.45) is 3.48. The van der Waals surface area contributed by atoms with Crippen LogP contribution in [0, 0.1) is 0 Å². The molecule has 0 saturated heterocycles. The maximum Gasteiger partial charge on any atom is 0.138 e. The van der Waals surface area contributed by atoms with Crippen molar-refractivity contribution in [3.8, 4) is 0 Å². The van der Waals surface area contributed by atoms with Crippen LogP contribution in [0.4, 0.5) is 11.6 Å². The van der Waals surface area contributed by atoms with Gasteiger partial charge in [-0.2, -0.15) is 0 Å². The summed E-state index contributed by atoms with van der Waals surface area (Å²) in [4.78, 5) is 15.9. The smallest absolute Gasteiger partial charge is 0.138 e. The maximum atomic E-state index is 4.40. The predicted octanol–water partition coefficient (Wildman–Crippen LogP) is 2.76. The van der Waals surface area contributed by atoms with Crippen molar-refractivity contribution >= 4 is 33.2 Å². The van der Waals surface area contributed by atoms with Gasteiger partial charge in [0.1, 0.15) is 22.8 Å². The summed E-state index contributed by atoms with van der Waals surface area (Å²) in [7, 11) is 3.96. The first-order chi connectivity index (χ1) is 9.74. The third-order valence-electron chi connectivity index (χ3n) is 2.99. The molecule has 3 heterocycles. The Morgan fingerprint density at radius 3 is 2.80 bits per heavy atom. The molecule has 0 unspecified atom stereocenters. The number of fused-ring (bicyclic) bond motifs is 1. The summed E-state index contributed by atoms with van der Waals surface area (Å²) in [5.41, 5.74) is 1.12. The quantitative estimate of drug-likeness (QED) is 0.799.